The number of rotatable bonds is 9. The summed E-state index contributed by atoms with van der Waals surface area (Å²) in [6.45, 7) is 11.2. The summed E-state index contributed by atoms with van der Waals surface area (Å²) in [4.78, 5) is 9.67. The molecular weight excluding hydrogens is 286 g/mol. The summed E-state index contributed by atoms with van der Waals surface area (Å²) in [5.41, 5.74) is 1.30. The van der Waals surface area contributed by atoms with Crippen molar-refractivity contribution in [2.24, 2.45) is 5.92 Å². The van der Waals surface area contributed by atoms with Crippen LogP contribution in [0.4, 0.5) is 5.82 Å². The maximum atomic E-state index is 5.10. The number of hydrogen-bond donors (Lipinski definition) is 0. The number of pyridine rings is 1. The first-order chi connectivity index (χ1) is 11.2. The van der Waals surface area contributed by atoms with Crippen LogP contribution in [0, 0.1) is 5.92 Å². The zero-order chi connectivity index (χ0) is 16.5. The lowest BCUT2D eigenvalue weighted by Gasteiger charge is -2.35. The van der Waals surface area contributed by atoms with Crippen LogP contribution in [-0.4, -0.2) is 56.3 Å². The zero-order valence-electron chi connectivity index (χ0n) is 15.1. The molecule has 4 heteroatoms. The van der Waals surface area contributed by atoms with Crippen molar-refractivity contribution >= 4 is 5.82 Å². The molecule has 0 bridgehead atoms. The lowest BCUT2D eigenvalue weighted by atomic mass is 10.1. The van der Waals surface area contributed by atoms with Crippen LogP contribution in [0.15, 0.2) is 18.3 Å². The first-order valence-electron chi connectivity index (χ1n) is 9.10. The molecule has 0 atom stereocenters. The van der Waals surface area contributed by atoms with Crippen LogP contribution in [0.25, 0.3) is 0 Å². The van der Waals surface area contributed by atoms with Gasteiger partial charge in [0.25, 0.3) is 0 Å². The van der Waals surface area contributed by atoms with Crippen molar-refractivity contribution in [3.05, 3.63) is 23.9 Å². The number of methoxy groups -OCH3 is 1. The molecule has 130 valence electrons. The van der Waals surface area contributed by atoms with Gasteiger partial charge in [0.1, 0.15) is 5.82 Å². The predicted octanol–water partition coefficient (Wildman–Crippen LogP) is 3.22. The molecule has 1 aliphatic rings. The Morgan fingerprint density at radius 2 is 1.91 bits per heavy atom. The summed E-state index contributed by atoms with van der Waals surface area (Å²) in [7, 11) is 1.75. The third kappa shape index (κ3) is 6.48. The molecule has 2 rings (SSSR count). The van der Waals surface area contributed by atoms with E-state index < -0.39 is 0 Å². The summed E-state index contributed by atoms with van der Waals surface area (Å²) in [6, 6.07) is 4.39. The summed E-state index contributed by atoms with van der Waals surface area (Å²) in [5.74, 6) is 1.95. The molecule has 0 N–H and O–H groups in total. The molecule has 0 aliphatic carbocycles. The van der Waals surface area contributed by atoms with Gasteiger partial charge in [-0.1, -0.05) is 19.9 Å². The molecule has 0 amide bonds. The highest BCUT2D eigenvalue weighted by molar-refractivity contribution is 5.39. The highest BCUT2D eigenvalue weighted by Crippen LogP contribution is 2.15. The van der Waals surface area contributed by atoms with Gasteiger partial charge in [0.05, 0.1) is 0 Å². The molecule has 0 aromatic carbocycles. The number of aryl methyl sites for hydroxylation is 1. The number of piperazine rings is 1. The van der Waals surface area contributed by atoms with Crippen LogP contribution >= 0.6 is 0 Å². The molecule has 2 heterocycles. The van der Waals surface area contributed by atoms with E-state index in [9.17, 15) is 0 Å². The molecule has 1 aromatic rings. The first-order valence-corrected chi connectivity index (χ1v) is 9.10. The van der Waals surface area contributed by atoms with Gasteiger partial charge in [-0.2, -0.15) is 0 Å². The van der Waals surface area contributed by atoms with Crippen LogP contribution in [-0.2, 0) is 11.2 Å². The summed E-state index contributed by atoms with van der Waals surface area (Å²) < 4.78 is 5.10. The molecule has 23 heavy (non-hydrogen) atoms. The maximum absolute atomic E-state index is 5.10. The second-order valence-corrected chi connectivity index (χ2v) is 6.99. The molecule has 1 aliphatic heterocycles. The average molecular weight is 319 g/mol. The van der Waals surface area contributed by atoms with Crippen LogP contribution in [0.2, 0.25) is 0 Å². The fourth-order valence-electron chi connectivity index (χ4n) is 3.10. The van der Waals surface area contributed by atoms with Gasteiger partial charge in [0, 0.05) is 46.1 Å². The lowest BCUT2D eigenvalue weighted by Crippen LogP contribution is -2.46. The Kier molecular flexibility index (Phi) is 7.83. The van der Waals surface area contributed by atoms with Crippen molar-refractivity contribution in [1.82, 2.24) is 9.88 Å². The van der Waals surface area contributed by atoms with Crippen molar-refractivity contribution in [3.63, 3.8) is 0 Å². The molecule has 4 nitrogen and oxygen atoms in total. The molecule has 0 radical (unpaired) electrons. The van der Waals surface area contributed by atoms with Crippen molar-refractivity contribution in [1.29, 1.82) is 0 Å². The third-order valence-electron chi connectivity index (χ3n) is 4.58. The summed E-state index contributed by atoms with van der Waals surface area (Å²) >= 11 is 0. The Labute approximate surface area is 141 Å². The Morgan fingerprint density at radius 1 is 1.13 bits per heavy atom. The maximum Gasteiger partial charge on any atom is 0.128 e. The van der Waals surface area contributed by atoms with E-state index in [2.05, 4.69) is 40.8 Å². The normalized spacial score (nSPS) is 16.3. The number of nitrogens with zero attached hydrogens (tertiary/aromatic N) is 3. The minimum absolute atomic E-state index is 0.820. The first kappa shape index (κ1) is 18.2. The van der Waals surface area contributed by atoms with Gasteiger partial charge in [-0.3, -0.25) is 4.90 Å². The van der Waals surface area contributed by atoms with Crippen LogP contribution < -0.4 is 4.90 Å². The summed E-state index contributed by atoms with van der Waals surface area (Å²) in [5, 5.41) is 0. The van der Waals surface area contributed by atoms with Gasteiger partial charge < -0.3 is 9.64 Å². The fraction of sp³-hybridized carbons (Fsp3) is 0.737. The van der Waals surface area contributed by atoms with Gasteiger partial charge in [-0.15, -0.1) is 0 Å². The molecule has 1 fully saturated rings. The lowest BCUT2D eigenvalue weighted by molar-refractivity contribution is 0.195. The Balaban J connectivity index is 1.72. The van der Waals surface area contributed by atoms with E-state index in [-0.39, 0.29) is 0 Å². The fourth-order valence-corrected chi connectivity index (χ4v) is 3.10. The van der Waals surface area contributed by atoms with Crippen LogP contribution in [0.3, 0.4) is 0 Å². The van der Waals surface area contributed by atoms with Crippen molar-refractivity contribution < 1.29 is 4.74 Å². The molecule has 0 unspecified atom stereocenters. The van der Waals surface area contributed by atoms with Gasteiger partial charge in [0.2, 0.25) is 0 Å². The monoisotopic (exact) mass is 319 g/mol. The second kappa shape index (κ2) is 9.89. The van der Waals surface area contributed by atoms with Crippen molar-refractivity contribution in [2.75, 3.05) is 51.3 Å². The van der Waals surface area contributed by atoms with Gasteiger partial charge >= 0.3 is 0 Å². The zero-order valence-corrected chi connectivity index (χ0v) is 15.1. The Morgan fingerprint density at radius 3 is 2.52 bits per heavy atom. The SMILES string of the molecule is COCCCc1ccc(N2CCN(CCCC(C)C)CC2)nc1. The molecular formula is C19H33N3O. The standard InChI is InChI=1S/C19H33N3O/c1-17(2)6-4-10-21-11-13-22(14-12-21)19-9-8-18(16-20-19)7-5-15-23-3/h8-9,16-17H,4-7,10-15H2,1-3H3. The largest absolute Gasteiger partial charge is 0.385 e. The van der Waals surface area contributed by atoms with Crippen molar-refractivity contribution in [3.8, 4) is 0 Å². The highest BCUT2D eigenvalue weighted by Gasteiger charge is 2.17. The van der Waals surface area contributed by atoms with E-state index in [0.717, 1.165) is 57.4 Å². The number of ether oxygens (including phenoxy) is 1. The van der Waals surface area contributed by atoms with E-state index >= 15 is 0 Å². The van der Waals surface area contributed by atoms with Gasteiger partial charge in [-0.25, -0.2) is 4.98 Å². The molecule has 1 aromatic heterocycles. The minimum Gasteiger partial charge on any atom is -0.385 e. The molecule has 1 saturated heterocycles. The third-order valence-corrected chi connectivity index (χ3v) is 4.58. The Hall–Kier alpha value is -1.13. The summed E-state index contributed by atoms with van der Waals surface area (Å²) in [6.07, 6.45) is 6.80. The van der Waals surface area contributed by atoms with Crippen molar-refractivity contribution in [2.45, 2.75) is 39.5 Å². The van der Waals surface area contributed by atoms with E-state index in [0.29, 0.717) is 0 Å². The number of hydrogen-bond acceptors (Lipinski definition) is 4. The van der Waals surface area contributed by atoms with Crippen LogP contribution in [0.5, 0.6) is 0 Å². The number of anilines is 1. The highest BCUT2D eigenvalue weighted by atomic mass is 16.5. The molecule has 0 spiro atoms. The Bertz CT molecular complexity index is 425. The second-order valence-electron chi connectivity index (χ2n) is 6.99. The quantitative estimate of drug-likeness (QED) is 0.654. The van der Waals surface area contributed by atoms with E-state index in [1.54, 1.807) is 7.11 Å². The topological polar surface area (TPSA) is 28.6 Å². The smallest absolute Gasteiger partial charge is 0.128 e. The predicted molar refractivity (Wildman–Crippen MR) is 97.2 cm³/mol. The van der Waals surface area contributed by atoms with Gasteiger partial charge in [-0.05, 0) is 49.8 Å². The average Bonchev–Trinajstić information content (AvgIpc) is 2.56. The van der Waals surface area contributed by atoms with E-state index in [4.69, 9.17) is 4.74 Å². The van der Waals surface area contributed by atoms with Gasteiger partial charge in [0.15, 0.2) is 0 Å². The number of aromatic nitrogens is 1. The van der Waals surface area contributed by atoms with Crippen LogP contribution in [0.1, 0.15) is 38.7 Å². The van der Waals surface area contributed by atoms with E-state index in [1.165, 1.54) is 24.9 Å². The molecule has 0 saturated carbocycles. The minimum atomic E-state index is 0.820. The van der Waals surface area contributed by atoms with E-state index in [1.807, 2.05) is 6.20 Å².